The molecule has 5 heteroatoms. The zero-order valence-electron chi connectivity index (χ0n) is 12.7. The second kappa shape index (κ2) is 7.03. The van der Waals surface area contributed by atoms with Gasteiger partial charge in [0.05, 0.1) is 31.9 Å². The van der Waals surface area contributed by atoms with Gasteiger partial charge in [-0.25, -0.2) is 0 Å². The minimum Gasteiger partial charge on any atom is -0.492 e. The molecule has 2 rings (SSSR count). The van der Waals surface area contributed by atoms with Crippen molar-refractivity contribution in [1.82, 2.24) is 0 Å². The number of ketones is 1. The van der Waals surface area contributed by atoms with E-state index in [2.05, 4.69) is 0 Å². The largest absolute Gasteiger partial charge is 0.492 e. The van der Waals surface area contributed by atoms with Crippen molar-refractivity contribution in [2.24, 2.45) is 5.92 Å². The third kappa shape index (κ3) is 3.10. The second-order valence-electron chi connectivity index (χ2n) is 5.20. The molecule has 116 valence electrons. The number of carbonyl (C=O) groups is 1. The Bertz CT molecular complexity index is 521. The van der Waals surface area contributed by atoms with Crippen LogP contribution in [0.5, 0.6) is 17.2 Å². The van der Waals surface area contributed by atoms with Gasteiger partial charge in [0.15, 0.2) is 17.3 Å². The van der Waals surface area contributed by atoms with Gasteiger partial charge in [-0.3, -0.25) is 4.79 Å². The van der Waals surface area contributed by atoms with Gasteiger partial charge in [-0.15, -0.1) is 0 Å². The van der Waals surface area contributed by atoms with Crippen LogP contribution in [-0.2, 0) is 0 Å². The summed E-state index contributed by atoms with van der Waals surface area (Å²) in [6, 6.07) is 1.62. The molecule has 0 radical (unpaired) electrons. The van der Waals surface area contributed by atoms with Gasteiger partial charge >= 0.3 is 0 Å². The monoisotopic (exact) mass is 312 g/mol. The van der Waals surface area contributed by atoms with Crippen molar-refractivity contribution in [1.29, 1.82) is 0 Å². The lowest BCUT2D eigenvalue weighted by Gasteiger charge is -2.22. The first-order chi connectivity index (χ1) is 10.1. The predicted octanol–water partition coefficient (Wildman–Crippen LogP) is 4.13. The average Bonchev–Trinajstić information content (AvgIpc) is 2.53. The van der Waals surface area contributed by atoms with Crippen molar-refractivity contribution in [2.75, 3.05) is 21.3 Å². The van der Waals surface area contributed by atoms with E-state index in [0.29, 0.717) is 27.8 Å². The summed E-state index contributed by atoms with van der Waals surface area (Å²) in [4.78, 5) is 12.8. The molecule has 1 aliphatic rings. The molecule has 0 heterocycles. The number of Topliss-reactive ketones (excluding diaryl/α,β-unsaturated/α-hetero) is 1. The van der Waals surface area contributed by atoms with E-state index in [9.17, 15) is 4.79 Å². The topological polar surface area (TPSA) is 44.8 Å². The molecule has 1 fully saturated rings. The van der Waals surface area contributed by atoms with E-state index in [4.69, 9.17) is 25.8 Å². The van der Waals surface area contributed by atoms with E-state index in [0.717, 1.165) is 25.7 Å². The maximum atomic E-state index is 12.8. The van der Waals surface area contributed by atoms with Gasteiger partial charge in [-0.2, -0.15) is 0 Å². The lowest BCUT2D eigenvalue weighted by molar-refractivity contribution is 0.0885. The predicted molar refractivity (Wildman–Crippen MR) is 82.0 cm³/mol. The van der Waals surface area contributed by atoms with Crippen LogP contribution in [0.2, 0.25) is 5.02 Å². The van der Waals surface area contributed by atoms with Crippen molar-refractivity contribution < 1.29 is 19.0 Å². The molecule has 0 bridgehead atoms. The standard InChI is InChI=1S/C16H21ClO4/c1-19-14-11(13(18)10-7-5-4-6-8-10)9-12(17)15(20-2)16(14)21-3/h9-10H,4-8H2,1-3H3. The van der Waals surface area contributed by atoms with Gasteiger partial charge in [-0.1, -0.05) is 30.9 Å². The van der Waals surface area contributed by atoms with Crippen LogP contribution < -0.4 is 14.2 Å². The Labute approximate surface area is 130 Å². The number of methoxy groups -OCH3 is 3. The SMILES string of the molecule is COc1c(Cl)cc(C(=O)C2CCCCC2)c(OC)c1OC. The smallest absolute Gasteiger partial charge is 0.205 e. The molecule has 21 heavy (non-hydrogen) atoms. The third-order valence-electron chi connectivity index (χ3n) is 4.00. The van der Waals surface area contributed by atoms with Crippen molar-refractivity contribution >= 4 is 17.4 Å². The summed E-state index contributed by atoms with van der Waals surface area (Å²) in [5, 5.41) is 0.356. The van der Waals surface area contributed by atoms with Crippen LogP contribution in [0.1, 0.15) is 42.5 Å². The van der Waals surface area contributed by atoms with Gasteiger partial charge < -0.3 is 14.2 Å². The second-order valence-corrected chi connectivity index (χ2v) is 5.61. The fraction of sp³-hybridized carbons (Fsp3) is 0.562. The van der Waals surface area contributed by atoms with E-state index in [1.165, 1.54) is 27.8 Å². The molecule has 0 unspecified atom stereocenters. The van der Waals surface area contributed by atoms with Gasteiger partial charge in [0.2, 0.25) is 5.75 Å². The van der Waals surface area contributed by atoms with Gasteiger partial charge in [-0.05, 0) is 18.9 Å². The minimum atomic E-state index is 0.0433. The summed E-state index contributed by atoms with van der Waals surface area (Å²) in [7, 11) is 4.53. The molecule has 1 aromatic rings. The van der Waals surface area contributed by atoms with Crippen molar-refractivity contribution in [2.45, 2.75) is 32.1 Å². The zero-order chi connectivity index (χ0) is 15.4. The van der Waals surface area contributed by atoms with Crippen molar-refractivity contribution in [3.8, 4) is 17.2 Å². The molecule has 1 aliphatic carbocycles. The number of benzene rings is 1. The fourth-order valence-electron chi connectivity index (χ4n) is 2.94. The highest BCUT2D eigenvalue weighted by molar-refractivity contribution is 6.33. The third-order valence-corrected chi connectivity index (χ3v) is 4.28. The normalized spacial score (nSPS) is 15.6. The Morgan fingerprint density at radius 1 is 1.00 bits per heavy atom. The number of hydrogen-bond acceptors (Lipinski definition) is 4. The van der Waals surface area contributed by atoms with Gasteiger partial charge in [0.25, 0.3) is 0 Å². The highest BCUT2D eigenvalue weighted by Crippen LogP contribution is 2.46. The Balaban J connectivity index is 2.47. The highest BCUT2D eigenvalue weighted by atomic mass is 35.5. The number of carbonyl (C=O) groups excluding carboxylic acids is 1. The summed E-state index contributed by atoms with van der Waals surface area (Å²) in [5.74, 6) is 1.27. The first-order valence-electron chi connectivity index (χ1n) is 7.16. The van der Waals surface area contributed by atoms with E-state index < -0.39 is 0 Å². The summed E-state index contributed by atoms with van der Waals surface area (Å²) >= 11 is 6.21. The van der Waals surface area contributed by atoms with Crippen LogP contribution in [0.25, 0.3) is 0 Å². The summed E-state index contributed by atoms with van der Waals surface area (Å²) < 4.78 is 16.0. The van der Waals surface area contributed by atoms with E-state index in [1.54, 1.807) is 6.07 Å². The molecule has 1 saturated carbocycles. The number of hydrogen-bond donors (Lipinski definition) is 0. The number of ether oxygens (including phenoxy) is 3. The quantitative estimate of drug-likeness (QED) is 0.767. The Hall–Kier alpha value is -1.42. The Morgan fingerprint density at radius 2 is 1.57 bits per heavy atom. The first kappa shape index (κ1) is 16.0. The van der Waals surface area contributed by atoms with Crippen LogP contribution in [0.4, 0.5) is 0 Å². The van der Waals surface area contributed by atoms with E-state index >= 15 is 0 Å². The summed E-state index contributed by atoms with van der Waals surface area (Å²) in [5.41, 5.74) is 0.479. The van der Waals surface area contributed by atoms with E-state index in [1.807, 2.05) is 0 Å². The molecular formula is C16H21ClO4. The molecule has 0 aromatic heterocycles. The number of rotatable bonds is 5. The number of halogens is 1. The van der Waals surface area contributed by atoms with Crippen molar-refractivity contribution in [3.05, 3.63) is 16.7 Å². The maximum Gasteiger partial charge on any atom is 0.205 e. The summed E-state index contributed by atoms with van der Waals surface area (Å²) in [6.07, 6.45) is 5.25. The molecule has 0 saturated heterocycles. The zero-order valence-corrected chi connectivity index (χ0v) is 13.5. The van der Waals surface area contributed by atoms with Crippen LogP contribution >= 0.6 is 11.6 Å². The molecule has 4 nitrogen and oxygen atoms in total. The molecule has 0 atom stereocenters. The molecule has 0 amide bonds. The first-order valence-corrected chi connectivity index (χ1v) is 7.54. The minimum absolute atomic E-state index is 0.0433. The summed E-state index contributed by atoms with van der Waals surface area (Å²) in [6.45, 7) is 0. The molecule has 0 N–H and O–H groups in total. The Morgan fingerprint density at radius 3 is 2.10 bits per heavy atom. The van der Waals surface area contributed by atoms with E-state index in [-0.39, 0.29) is 11.7 Å². The van der Waals surface area contributed by atoms with Crippen LogP contribution in [0.3, 0.4) is 0 Å². The van der Waals surface area contributed by atoms with Gasteiger partial charge in [0, 0.05) is 5.92 Å². The fourth-order valence-corrected chi connectivity index (χ4v) is 3.21. The lowest BCUT2D eigenvalue weighted by atomic mass is 9.83. The highest BCUT2D eigenvalue weighted by Gasteiger charge is 2.29. The van der Waals surface area contributed by atoms with Crippen LogP contribution in [0, 0.1) is 5.92 Å². The molecule has 0 spiro atoms. The van der Waals surface area contributed by atoms with Crippen LogP contribution in [-0.4, -0.2) is 27.1 Å². The molecule has 0 aliphatic heterocycles. The Kier molecular flexibility index (Phi) is 5.34. The van der Waals surface area contributed by atoms with Crippen molar-refractivity contribution in [3.63, 3.8) is 0 Å². The average molecular weight is 313 g/mol. The van der Waals surface area contributed by atoms with Crippen LogP contribution in [0.15, 0.2) is 6.07 Å². The lowest BCUT2D eigenvalue weighted by Crippen LogP contribution is -2.19. The molecular weight excluding hydrogens is 292 g/mol. The molecule has 1 aromatic carbocycles. The van der Waals surface area contributed by atoms with Gasteiger partial charge in [0.1, 0.15) is 0 Å². The maximum absolute atomic E-state index is 12.8.